The number of piperidine rings is 1. The molecule has 0 bridgehead atoms. The van der Waals surface area contributed by atoms with E-state index in [1.807, 2.05) is 18.7 Å². The summed E-state index contributed by atoms with van der Waals surface area (Å²) >= 11 is 0. The Morgan fingerprint density at radius 3 is 2.25 bits per heavy atom. The predicted octanol–water partition coefficient (Wildman–Crippen LogP) is 2.84. The first-order chi connectivity index (χ1) is 11.5. The van der Waals surface area contributed by atoms with Crippen LogP contribution in [0.1, 0.15) is 44.0 Å². The van der Waals surface area contributed by atoms with Gasteiger partial charge in [-0.05, 0) is 56.1 Å². The zero-order valence-corrected chi connectivity index (χ0v) is 15.0. The van der Waals surface area contributed by atoms with Gasteiger partial charge < -0.3 is 10.2 Å². The molecular formula is C19H29N3O2. The van der Waals surface area contributed by atoms with Gasteiger partial charge in [-0.25, -0.2) is 0 Å². The lowest BCUT2D eigenvalue weighted by molar-refractivity contribution is -0.117. The van der Waals surface area contributed by atoms with Crippen molar-refractivity contribution in [2.24, 2.45) is 5.92 Å². The Balaban J connectivity index is 1.90. The molecule has 0 unspecified atom stereocenters. The molecule has 1 aromatic rings. The molecule has 5 nitrogen and oxygen atoms in total. The van der Waals surface area contributed by atoms with Crippen LogP contribution in [0.2, 0.25) is 0 Å². The highest BCUT2D eigenvalue weighted by Crippen LogP contribution is 2.19. The van der Waals surface area contributed by atoms with Gasteiger partial charge in [0.15, 0.2) is 0 Å². The van der Waals surface area contributed by atoms with Crippen molar-refractivity contribution in [3.05, 3.63) is 29.8 Å². The third-order valence-corrected chi connectivity index (χ3v) is 4.75. The Morgan fingerprint density at radius 2 is 1.71 bits per heavy atom. The molecular weight excluding hydrogens is 302 g/mol. The maximum Gasteiger partial charge on any atom is 0.253 e. The molecule has 1 aromatic carbocycles. The summed E-state index contributed by atoms with van der Waals surface area (Å²) in [6.07, 6.45) is 2.15. The van der Waals surface area contributed by atoms with Crippen molar-refractivity contribution < 1.29 is 9.59 Å². The van der Waals surface area contributed by atoms with Crippen LogP contribution in [0.3, 0.4) is 0 Å². The Hall–Kier alpha value is -1.88. The van der Waals surface area contributed by atoms with Crippen LogP contribution in [-0.2, 0) is 4.79 Å². The molecule has 0 saturated carbocycles. The first-order valence-electron chi connectivity index (χ1n) is 8.95. The second-order valence-electron chi connectivity index (χ2n) is 6.56. The van der Waals surface area contributed by atoms with E-state index in [4.69, 9.17) is 0 Å². The van der Waals surface area contributed by atoms with Crippen LogP contribution in [-0.4, -0.2) is 54.3 Å². The Morgan fingerprint density at radius 1 is 1.12 bits per heavy atom. The highest BCUT2D eigenvalue weighted by molar-refractivity contribution is 5.96. The van der Waals surface area contributed by atoms with Gasteiger partial charge in [0.25, 0.3) is 5.91 Å². The molecule has 1 saturated heterocycles. The van der Waals surface area contributed by atoms with Crippen molar-refractivity contribution in [3.63, 3.8) is 0 Å². The number of nitrogens with one attached hydrogen (secondary N) is 1. The van der Waals surface area contributed by atoms with Gasteiger partial charge in [-0.15, -0.1) is 0 Å². The second kappa shape index (κ2) is 8.83. The van der Waals surface area contributed by atoms with Crippen LogP contribution in [0.15, 0.2) is 24.3 Å². The van der Waals surface area contributed by atoms with E-state index < -0.39 is 0 Å². The summed E-state index contributed by atoms with van der Waals surface area (Å²) in [5.74, 6) is 0.767. The number of amides is 2. The van der Waals surface area contributed by atoms with Crippen LogP contribution in [0.4, 0.5) is 5.69 Å². The minimum Gasteiger partial charge on any atom is -0.339 e. The fraction of sp³-hybridized carbons (Fsp3) is 0.579. The van der Waals surface area contributed by atoms with Gasteiger partial charge in [0.1, 0.15) is 0 Å². The summed E-state index contributed by atoms with van der Waals surface area (Å²) in [6, 6.07) is 7.21. The average molecular weight is 331 g/mol. The lowest BCUT2D eigenvalue weighted by Crippen LogP contribution is -2.37. The molecule has 0 aliphatic carbocycles. The molecule has 0 spiro atoms. The maximum atomic E-state index is 12.5. The van der Waals surface area contributed by atoms with Crippen molar-refractivity contribution >= 4 is 17.5 Å². The van der Waals surface area contributed by atoms with E-state index in [0.717, 1.165) is 44.7 Å². The third-order valence-electron chi connectivity index (χ3n) is 4.75. The lowest BCUT2D eigenvalue weighted by Gasteiger charge is -2.30. The van der Waals surface area contributed by atoms with E-state index in [9.17, 15) is 9.59 Å². The fourth-order valence-electron chi connectivity index (χ4n) is 2.94. The first kappa shape index (κ1) is 18.5. The van der Waals surface area contributed by atoms with E-state index in [1.165, 1.54) is 0 Å². The monoisotopic (exact) mass is 331 g/mol. The minimum absolute atomic E-state index is 0.0252. The Bertz CT molecular complexity index is 544. The van der Waals surface area contributed by atoms with Crippen molar-refractivity contribution in [1.82, 2.24) is 9.80 Å². The number of carbonyl (C=O) groups excluding carboxylic acids is 2. The highest BCUT2D eigenvalue weighted by Gasteiger charge is 2.21. The van der Waals surface area contributed by atoms with E-state index in [-0.39, 0.29) is 11.8 Å². The molecule has 0 aromatic heterocycles. The number of hydrogen-bond acceptors (Lipinski definition) is 3. The van der Waals surface area contributed by atoms with Gasteiger partial charge in [-0.3, -0.25) is 14.5 Å². The molecule has 24 heavy (non-hydrogen) atoms. The normalized spacial score (nSPS) is 15.6. The van der Waals surface area contributed by atoms with Crippen LogP contribution < -0.4 is 5.32 Å². The Kier molecular flexibility index (Phi) is 6.79. The quantitative estimate of drug-likeness (QED) is 0.872. The summed E-state index contributed by atoms with van der Waals surface area (Å²) < 4.78 is 0. The molecule has 132 valence electrons. The molecule has 2 amide bonds. The topological polar surface area (TPSA) is 52.7 Å². The SMILES string of the molecule is CCN(CC)CC(=O)Nc1ccc(C(=O)N2CCC(C)CC2)cc1. The van der Waals surface area contributed by atoms with Crippen LogP contribution in [0, 0.1) is 5.92 Å². The van der Waals surface area contributed by atoms with Crippen LogP contribution in [0.25, 0.3) is 0 Å². The van der Waals surface area contributed by atoms with Crippen molar-refractivity contribution in [2.45, 2.75) is 33.6 Å². The molecule has 1 aliphatic rings. The summed E-state index contributed by atoms with van der Waals surface area (Å²) in [6.45, 7) is 10.1. The number of hydrogen-bond donors (Lipinski definition) is 1. The van der Waals surface area contributed by atoms with Gasteiger partial charge in [0.05, 0.1) is 6.54 Å². The van der Waals surface area contributed by atoms with Crippen molar-refractivity contribution in [1.29, 1.82) is 0 Å². The second-order valence-corrected chi connectivity index (χ2v) is 6.56. The summed E-state index contributed by atoms with van der Waals surface area (Å²) in [5, 5.41) is 2.89. The number of benzene rings is 1. The summed E-state index contributed by atoms with van der Waals surface area (Å²) in [5.41, 5.74) is 1.42. The minimum atomic E-state index is -0.0252. The van der Waals surface area contributed by atoms with Gasteiger partial charge in [-0.2, -0.15) is 0 Å². The van der Waals surface area contributed by atoms with Crippen molar-refractivity contribution in [2.75, 3.05) is 38.0 Å². The van der Waals surface area contributed by atoms with E-state index >= 15 is 0 Å². The van der Waals surface area contributed by atoms with Gasteiger partial charge >= 0.3 is 0 Å². The molecule has 1 heterocycles. The molecule has 2 rings (SSSR count). The van der Waals surface area contributed by atoms with Gasteiger partial charge in [0.2, 0.25) is 5.91 Å². The van der Waals surface area contributed by atoms with Crippen molar-refractivity contribution in [3.8, 4) is 0 Å². The first-order valence-corrected chi connectivity index (χ1v) is 8.95. The molecule has 0 atom stereocenters. The number of rotatable bonds is 6. The lowest BCUT2D eigenvalue weighted by atomic mass is 9.98. The average Bonchev–Trinajstić information content (AvgIpc) is 2.60. The van der Waals surface area contributed by atoms with E-state index in [2.05, 4.69) is 17.1 Å². The number of anilines is 1. The van der Waals surface area contributed by atoms with Crippen LogP contribution >= 0.6 is 0 Å². The summed E-state index contributed by atoms with van der Waals surface area (Å²) in [4.78, 5) is 28.5. The summed E-state index contributed by atoms with van der Waals surface area (Å²) in [7, 11) is 0. The third kappa shape index (κ3) is 5.06. The van der Waals surface area contributed by atoms with Crippen LogP contribution in [0.5, 0.6) is 0 Å². The number of carbonyl (C=O) groups is 2. The number of likely N-dealkylation sites (tertiary alicyclic amines) is 1. The Labute approximate surface area is 145 Å². The molecule has 1 aliphatic heterocycles. The number of nitrogens with zero attached hydrogens (tertiary/aromatic N) is 2. The zero-order chi connectivity index (χ0) is 17.5. The zero-order valence-electron chi connectivity index (χ0n) is 15.0. The standard InChI is InChI=1S/C19H29N3O2/c1-4-21(5-2)14-18(23)20-17-8-6-16(7-9-17)19(24)22-12-10-15(3)11-13-22/h6-9,15H,4-5,10-14H2,1-3H3,(H,20,23). The van der Waals surface area contributed by atoms with Gasteiger partial charge in [-0.1, -0.05) is 20.8 Å². The molecule has 1 N–H and O–H groups in total. The predicted molar refractivity (Wildman–Crippen MR) is 97.2 cm³/mol. The maximum absolute atomic E-state index is 12.5. The van der Waals surface area contributed by atoms with Gasteiger partial charge in [0, 0.05) is 24.3 Å². The fourth-order valence-corrected chi connectivity index (χ4v) is 2.94. The molecule has 1 fully saturated rings. The molecule has 0 radical (unpaired) electrons. The number of likely N-dealkylation sites (N-methyl/N-ethyl adjacent to an activating group) is 1. The van der Waals surface area contributed by atoms with E-state index in [1.54, 1.807) is 24.3 Å². The molecule has 5 heteroatoms. The highest BCUT2D eigenvalue weighted by atomic mass is 16.2. The smallest absolute Gasteiger partial charge is 0.253 e. The van der Waals surface area contributed by atoms with E-state index in [0.29, 0.717) is 18.0 Å². The largest absolute Gasteiger partial charge is 0.339 e.